The minimum atomic E-state index is -0.415. The van der Waals surface area contributed by atoms with Crippen LogP contribution in [0.25, 0.3) is 0 Å². The smallest absolute Gasteiger partial charge is 0.242 e. The van der Waals surface area contributed by atoms with E-state index >= 15 is 0 Å². The Balaban J connectivity index is 2.13. The third-order valence-electron chi connectivity index (χ3n) is 2.66. The maximum absolute atomic E-state index is 11.6. The lowest BCUT2D eigenvalue weighted by atomic mass is 10.1. The van der Waals surface area contributed by atoms with E-state index in [1.165, 1.54) is 0 Å². The summed E-state index contributed by atoms with van der Waals surface area (Å²) in [4.78, 5) is 28.6. The number of carbonyl (C=O) groups is 2. The first-order chi connectivity index (χ1) is 7.68. The summed E-state index contributed by atoms with van der Waals surface area (Å²) in [6, 6.07) is 3.29. The number of rotatable bonds is 2. The average Bonchev–Trinajstić information content (AvgIpc) is 2.31. The molecule has 1 aliphatic rings. The third-order valence-corrected chi connectivity index (χ3v) is 2.66. The quantitative estimate of drug-likeness (QED) is 0.757. The van der Waals surface area contributed by atoms with Gasteiger partial charge in [-0.05, 0) is 18.6 Å². The SMILES string of the molecule is CC1C(=O)NCC(=O)N1Cc1cccnc1. The van der Waals surface area contributed by atoms with E-state index in [0.29, 0.717) is 6.54 Å². The number of hydrogen-bond donors (Lipinski definition) is 1. The Hall–Kier alpha value is -1.91. The van der Waals surface area contributed by atoms with Crippen LogP contribution in [0.1, 0.15) is 12.5 Å². The molecule has 2 rings (SSSR count). The van der Waals surface area contributed by atoms with Gasteiger partial charge in [0.1, 0.15) is 6.04 Å². The molecule has 1 unspecified atom stereocenters. The van der Waals surface area contributed by atoms with Gasteiger partial charge in [0, 0.05) is 18.9 Å². The molecule has 0 bridgehead atoms. The normalized spacial score (nSPS) is 20.8. The highest BCUT2D eigenvalue weighted by molar-refractivity contribution is 5.94. The van der Waals surface area contributed by atoms with Gasteiger partial charge in [0.15, 0.2) is 0 Å². The van der Waals surface area contributed by atoms with Crippen molar-refractivity contribution in [2.75, 3.05) is 6.54 Å². The Morgan fingerprint density at radius 1 is 1.56 bits per heavy atom. The lowest BCUT2D eigenvalue weighted by Gasteiger charge is -2.32. The second-order valence-corrected chi connectivity index (χ2v) is 3.78. The zero-order valence-electron chi connectivity index (χ0n) is 9.01. The molecule has 1 fully saturated rings. The molecule has 0 aromatic carbocycles. The summed E-state index contributed by atoms with van der Waals surface area (Å²) in [6.45, 7) is 2.24. The third kappa shape index (κ3) is 2.03. The van der Waals surface area contributed by atoms with Gasteiger partial charge in [0.05, 0.1) is 6.54 Å². The molecule has 2 heterocycles. The fraction of sp³-hybridized carbons (Fsp3) is 0.364. The van der Waals surface area contributed by atoms with Gasteiger partial charge < -0.3 is 10.2 Å². The number of piperazine rings is 1. The molecule has 1 atom stereocenters. The van der Waals surface area contributed by atoms with Crippen LogP contribution in [-0.2, 0) is 16.1 Å². The Morgan fingerprint density at radius 3 is 3.06 bits per heavy atom. The Kier molecular flexibility index (Phi) is 2.85. The van der Waals surface area contributed by atoms with E-state index in [2.05, 4.69) is 10.3 Å². The topological polar surface area (TPSA) is 62.3 Å². The molecule has 0 spiro atoms. The van der Waals surface area contributed by atoms with Gasteiger partial charge in [0.25, 0.3) is 0 Å². The molecule has 1 N–H and O–H groups in total. The number of pyridine rings is 1. The first-order valence-corrected chi connectivity index (χ1v) is 5.14. The fourth-order valence-electron chi connectivity index (χ4n) is 1.68. The van der Waals surface area contributed by atoms with Crippen molar-refractivity contribution in [2.45, 2.75) is 19.5 Å². The van der Waals surface area contributed by atoms with Crippen molar-refractivity contribution in [3.05, 3.63) is 30.1 Å². The molecular weight excluding hydrogens is 206 g/mol. The fourth-order valence-corrected chi connectivity index (χ4v) is 1.68. The van der Waals surface area contributed by atoms with E-state index in [-0.39, 0.29) is 18.4 Å². The van der Waals surface area contributed by atoms with E-state index in [9.17, 15) is 9.59 Å². The van der Waals surface area contributed by atoms with Crippen LogP contribution in [0.3, 0.4) is 0 Å². The van der Waals surface area contributed by atoms with Gasteiger partial charge in [-0.2, -0.15) is 0 Å². The highest BCUT2D eigenvalue weighted by atomic mass is 16.2. The highest BCUT2D eigenvalue weighted by Crippen LogP contribution is 2.10. The van der Waals surface area contributed by atoms with Gasteiger partial charge in [-0.3, -0.25) is 14.6 Å². The molecule has 2 amide bonds. The molecule has 1 aromatic heterocycles. The molecule has 84 valence electrons. The van der Waals surface area contributed by atoms with Crippen LogP contribution in [0.2, 0.25) is 0 Å². The molecule has 0 saturated carbocycles. The summed E-state index contributed by atoms with van der Waals surface area (Å²) in [6.07, 6.45) is 3.38. The minimum absolute atomic E-state index is 0.0593. The molecule has 1 aromatic rings. The van der Waals surface area contributed by atoms with Crippen molar-refractivity contribution >= 4 is 11.8 Å². The van der Waals surface area contributed by atoms with E-state index in [1.807, 2.05) is 12.1 Å². The Bertz CT molecular complexity index is 405. The van der Waals surface area contributed by atoms with Gasteiger partial charge in [-0.25, -0.2) is 0 Å². The predicted octanol–water partition coefficient (Wildman–Crippen LogP) is -0.0715. The maximum atomic E-state index is 11.6. The summed E-state index contributed by atoms with van der Waals surface area (Å²) in [5, 5.41) is 2.55. The maximum Gasteiger partial charge on any atom is 0.242 e. The standard InChI is InChI=1S/C11H13N3O2/c1-8-11(16)13-6-10(15)14(8)7-9-3-2-4-12-5-9/h2-5,8H,6-7H2,1H3,(H,13,16). The number of carbonyl (C=O) groups excluding carboxylic acids is 2. The first-order valence-electron chi connectivity index (χ1n) is 5.14. The van der Waals surface area contributed by atoms with E-state index in [1.54, 1.807) is 24.2 Å². The van der Waals surface area contributed by atoms with Gasteiger partial charge in [0.2, 0.25) is 11.8 Å². The van der Waals surface area contributed by atoms with Crippen LogP contribution in [0.4, 0.5) is 0 Å². The van der Waals surface area contributed by atoms with Crippen molar-refractivity contribution < 1.29 is 9.59 Å². The summed E-state index contributed by atoms with van der Waals surface area (Å²) in [5.74, 6) is -0.167. The molecule has 0 aliphatic carbocycles. The van der Waals surface area contributed by atoms with Crippen molar-refractivity contribution in [3.8, 4) is 0 Å². The summed E-state index contributed by atoms with van der Waals surface area (Å²) >= 11 is 0. The van der Waals surface area contributed by atoms with Crippen LogP contribution in [0.5, 0.6) is 0 Å². The lowest BCUT2D eigenvalue weighted by molar-refractivity contribution is -0.145. The zero-order chi connectivity index (χ0) is 11.5. The minimum Gasteiger partial charge on any atom is -0.345 e. The van der Waals surface area contributed by atoms with E-state index < -0.39 is 6.04 Å². The molecule has 16 heavy (non-hydrogen) atoms. The molecule has 0 radical (unpaired) electrons. The average molecular weight is 219 g/mol. The number of aromatic nitrogens is 1. The largest absolute Gasteiger partial charge is 0.345 e. The lowest BCUT2D eigenvalue weighted by Crippen LogP contribution is -2.56. The summed E-state index contributed by atoms with van der Waals surface area (Å²) in [7, 11) is 0. The molecule has 1 aliphatic heterocycles. The van der Waals surface area contributed by atoms with E-state index in [4.69, 9.17) is 0 Å². The van der Waals surface area contributed by atoms with Gasteiger partial charge in [-0.1, -0.05) is 6.07 Å². The van der Waals surface area contributed by atoms with Crippen molar-refractivity contribution in [3.63, 3.8) is 0 Å². The number of nitrogens with zero attached hydrogens (tertiary/aromatic N) is 2. The van der Waals surface area contributed by atoms with Crippen LogP contribution >= 0.6 is 0 Å². The van der Waals surface area contributed by atoms with Gasteiger partial charge >= 0.3 is 0 Å². The summed E-state index contributed by atoms with van der Waals surface area (Å²) in [5.41, 5.74) is 0.928. The Morgan fingerprint density at radius 2 is 2.38 bits per heavy atom. The van der Waals surface area contributed by atoms with Crippen molar-refractivity contribution in [2.24, 2.45) is 0 Å². The summed E-state index contributed by atoms with van der Waals surface area (Å²) < 4.78 is 0. The van der Waals surface area contributed by atoms with Crippen LogP contribution in [0.15, 0.2) is 24.5 Å². The van der Waals surface area contributed by atoms with Crippen molar-refractivity contribution in [1.29, 1.82) is 0 Å². The Labute approximate surface area is 93.5 Å². The molecular formula is C11H13N3O2. The number of hydrogen-bond acceptors (Lipinski definition) is 3. The van der Waals surface area contributed by atoms with Crippen LogP contribution in [-0.4, -0.2) is 34.3 Å². The highest BCUT2D eigenvalue weighted by Gasteiger charge is 2.30. The van der Waals surface area contributed by atoms with Crippen LogP contribution < -0.4 is 5.32 Å². The second-order valence-electron chi connectivity index (χ2n) is 3.78. The van der Waals surface area contributed by atoms with Crippen molar-refractivity contribution in [1.82, 2.24) is 15.2 Å². The predicted molar refractivity (Wildman–Crippen MR) is 57.3 cm³/mol. The van der Waals surface area contributed by atoms with Crippen LogP contribution in [0, 0.1) is 0 Å². The number of nitrogens with one attached hydrogen (secondary N) is 1. The second kappa shape index (κ2) is 4.30. The van der Waals surface area contributed by atoms with Gasteiger partial charge in [-0.15, -0.1) is 0 Å². The molecule has 5 heteroatoms. The first kappa shape index (κ1) is 10.6. The number of amides is 2. The molecule has 5 nitrogen and oxygen atoms in total. The molecule has 1 saturated heterocycles. The monoisotopic (exact) mass is 219 g/mol. The zero-order valence-corrected chi connectivity index (χ0v) is 9.01. The van der Waals surface area contributed by atoms with E-state index in [0.717, 1.165) is 5.56 Å².